The van der Waals surface area contributed by atoms with Gasteiger partial charge in [0.2, 0.25) is 5.91 Å². The molecule has 0 spiro atoms. The predicted octanol–water partition coefficient (Wildman–Crippen LogP) is 0.948. The molecule has 0 aliphatic heterocycles. The van der Waals surface area contributed by atoms with E-state index < -0.39 is 12.1 Å². The zero-order valence-electron chi connectivity index (χ0n) is 12.6. The van der Waals surface area contributed by atoms with Crippen molar-refractivity contribution in [3.63, 3.8) is 0 Å². The summed E-state index contributed by atoms with van der Waals surface area (Å²) in [4.78, 5) is 23.1. The lowest BCUT2D eigenvalue weighted by molar-refractivity contribution is -0.121. The monoisotopic (exact) mass is 292 g/mol. The Morgan fingerprint density at radius 1 is 1.29 bits per heavy atom. The van der Waals surface area contributed by atoms with Crippen molar-refractivity contribution in [3.8, 4) is 0 Å². The predicted molar refractivity (Wildman–Crippen MR) is 82.5 cm³/mol. The molecule has 2 atom stereocenters. The third-order valence-electron chi connectivity index (χ3n) is 3.19. The Morgan fingerprint density at radius 2 is 1.95 bits per heavy atom. The van der Waals surface area contributed by atoms with Crippen molar-refractivity contribution in [3.05, 3.63) is 35.4 Å². The number of rotatable bonds is 7. The van der Waals surface area contributed by atoms with Crippen LogP contribution in [0, 0.1) is 6.92 Å². The lowest BCUT2D eigenvalue weighted by Crippen LogP contribution is -2.37. The summed E-state index contributed by atoms with van der Waals surface area (Å²) in [5.74, 6) is -0.141. The van der Waals surface area contributed by atoms with Gasteiger partial charge in [-0.3, -0.25) is 4.79 Å². The Hall–Kier alpha value is -2.08. The van der Waals surface area contributed by atoms with Crippen molar-refractivity contribution in [2.45, 2.75) is 38.8 Å². The van der Waals surface area contributed by atoms with E-state index in [-0.39, 0.29) is 18.4 Å². The average molecular weight is 292 g/mol. The van der Waals surface area contributed by atoms with Crippen LogP contribution in [0.25, 0.3) is 0 Å². The van der Waals surface area contributed by atoms with Crippen molar-refractivity contribution in [1.82, 2.24) is 10.6 Å². The van der Waals surface area contributed by atoms with Crippen molar-refractivity contribution < 1.29 is 9.59 Å². The second-order valence-corrected chi connectivity index (χ2v) is 5.24. The quantitative estimate of drug-likeness (QED) is 0.600. The Labute approximate surface area is 125 Å². The van der Waals surface area contributed by atoms with Gasteiger partial charge in [0.15, 0.2) is 0 Å². The molecule has 6 nitrogen and oxygen atoms in total. The Balaban J connectivity index is 2.69. The van der Waals surface area contributed by atoms with Crippen LogP contribution in [0.5, 0.6) is 0 Å². The molecule has 0 aliphatic carbocycles. The Bertz CT molecular complexity index is 488. The molecule has 6 N–H and O–H groups in total. The summed E-state index contributed by atoms with van der Waals surface area (Å²) >= 11 is 0. The molecule has 0 saturated heterocycles. The number of carbonyl (C=O) groups excluding carboxylic acids is 2. The molecule has 0 heterocycles. The number of primary amides is 1. The van der Waals surface area contributed by atoms with Crippen LogP contribution in [-0.4, -0.2) is 24.5 Å². The van der Waals surface area contributed by atoms with Gasteiger partial charge in [0.25, 0.3) is 0 Å². The van der Waals surface area contributed by atoms with Crippen LogP contribution in [0.15, 0.2) is 24.3 Å². The van der Waals surface area contributed by atoms with Crippen LogP contribution < -0.4 is 22.1 Å². The maximum Gasteiger partial charge on any atom is 0.312 e. The van der Waals surface area contributed by atoms with E-state index in [9.17, 15) is 9.59 Å². The zero-order chi connectivity index (χ0) is 15.8. The van der Waals surface area contributed by atoms with E-state index in [0.29, 0.717) is 13.0 Å². The zero-order valence-corrected chi connectivity index (χ0v) is 12.6. The summed E-state index contributed by atoms with van der Waals surface area (Å²) in [5.41, 5.74) is 12.7. The molecule has 0 aliphatic rings. The standard InChI is InChI=1S/C15H24N4O2/c1-10-5-3-4-6-12(10)13(19-15(17)21)9-14(20)18-8-7-11(2)16/h3-6,11,13H,7-9,16H2,1-2H3,(H,18,20)(H3,17,19,21). The fourth-order valence-corrected chi connectivity index (χ4v) is 2.09. The Morgan fingerprint density at radius 3 is 2.52 bits per heavy atom. The second-order valence-electron chi connectivity index (χ2n) is 5.24. The van der Waals surface area contributed by atoms with Gasteiger partial charge in [-0.1, -0.05) is 24.3 Å². The molecule has 1 aromatic carbocycles. The minimum atomic E-state index is -0.647. The molecule has 6 heteroatoms. The van der Waals surface area contributed by atoms with E-state index in [0.717, 1.165) is 11.1 Å². The number of hydrogen-bond acceptors (Lipinski definition) is 3. The summed E-state index contributed by atoms with van der Waals surface area (Å²) in [5, 5.41) is 5.42. The van der Waals surface area contributed by atoms with Gasteiger partial charge in [0.1, 0.15) is 0 Å². The molecule has 0 saturated carbocycles. The SMILES string of the molecule is Cc1ccccc1C(CC(=O)NCCC(C)N)NC(N)=O. The highest BCUT2D eigenvalue weighted by Gasteiger charge is 2.18. The van der Waals surface area contributed by atoms with E-state index in [1.165, 1.54) is 0 Å². The molecule has 3 amide bonds. The van der Waals surface area contributed by atoms with Crippen LogP contribution >= 0.6 is 0 Å². The smallest absolute Gasteiger partial charge is 0.312 e. The molecular formula is C15H24N4O2. The van der Waals surface area contributed by atoms with E-state index >= 15 is 0 Å². The third-order valence-corrected chi connectivity index (χ3v) is 3.19. The number of nitrogens with one attached hydrogen (secondary N) is 2. The number of urea groups is 1. The summed E-state index contributed by atoms with van der Waals surface area (Å²) < 4.78 is 0. The molecule has 0 fully saturated rings. The highest BCUT2D eigenvalue weighted by atomic mass is 16.2. The van der Waals surface area contributed by atoms with Gasteiger partial charge < -0.3 is 22.1 Å². The number of hydrogen-bond donors (Lipinski definition) is 4. The lowest BCUT2D eigenvalue weighted by Gasteiger charge is -2.19. The number of amides is 3. The molecule has 1 aromatic rings. The molecule has 0 bridgehead atoms. The summed E-state index contributed by atoms with van der Waals surface area (Å²) in [6, 6.07) is 6.55. The van der Waals surface area contributed by atoms with Gasteiger partial charge in [0.05, 0.1) is 12.5 Å². The molecular weight excluding hydrogens is 268 g/mol. The maximum atomic E-state index is 12.0. The molecule has 21 heavy (non-hydrogen) atoms. The lowest BCUT2D eigenvalue weighted by atomic mass is 9.98. The van der Waals surface area contributed by atoms with Crippen LogP contribution in [-0.2, 0) is 4.79 Å². The van der Waals surface area contributed by atoms with E-state index in [4.69, 9.17) is 11.5 Å². The van der Waals surface area contributed by atoms with Crippen molar-refractivity contribution in [2.24, 2.45) is 11.5 Å². The number of carbonyl (C=O) groups is 2. The topological polar surface area (TPSA) is 110 Å². The van der Waals surface area contributed by atoms with Crippen LogP contribution in [0.1, 0.15) is 36.9 Å². The maximum absolute atomic E-state index is 12.0. The van der Waals surface area contributed by atoms with E-state index in [2.05, 4.69) is 10.6 Å². The third kappa shape index (κ3) is 6.27. The van der Waals surface area contributed by atoms with Gasteiger partial charge in [-0.25, -0.2) is 4.79 Å². The molecule has 0 aromatic heterocycles. The van der Waals surface area contributed by atoms with E-state index in [1.807, 2.05) is 38.1 Å². The largest absolute Gasteiger partial charge is 0.356 e. The Kier molecular flexibility index (Phi) is 6.68. The highest BCUT2D eigenvalue weighted by molar-refractivity contribution is 5.78. The van der Waals surface area contributed by atoms with Gasteiger partial charge >= 0.3 is 6.03 Å². The summed E-state index contributed by atoms with van der Waals surface area (Å²) in [7, 11) is 0. The first-order chi connectivity index (χ1) is 9.90. The number of nitrogens with two attached hydrogens (primary N) is 2. The molecule has 2 unspecified atom stereocenters. The van der Waals surface area contributed by atoms with Crippen LogP contribution in [0.3, 0.4) is 0 Å². The van der Waals surface area contributed by atoms with Crippen molar-refractivity contribution in [1.29, 1.82) is 0 Å². The van der Waals surface area contributed by atoms with Crippen molar-refractivity contribution in [2.75, 3.05) is 6.54 Å². The minimum Gasteiger partial charge on any atom is -0.356 e. The van der Waals surface area contributed by atoms with Crippen LogP contribution in [0.2, 0.25) is 0 Å². The number of aryl methyl sites for hydroxylation is 1. The molecule has 116 valence electrons. The number of benzene rings is 1. The first kappa shape index (κ1) is 17.0. The fraction of sp³-hybridized carbons (Fsp3) is 0.467. The summed E-state index contributed by atoms with van der Waals surface area (Å²) in [6.07, 6.45) is 0.858. The normalized spacial score (nSPS) is 13.3. The van der Waals surface area contributed by atoms with Crippen LogP contribution in [0.4, 0.5) is 4.79 Å². The molecule has 0 radical (unpaired) electrons. The van der Waals surface area contributed by atoms with Gasteiger partial charge in [-0.15, -0.1) is 0 Å². The highest BCUT2D eigenvalue weighted by Crippen LogP contribution is 2.20. The average Bonchev–Trinajstić information content (AvgIpc) is 2.37. The minimum absolute atomic E-state index is 0.0428. The first-order valence-corrected chi connectivity index (χ1v) is 7.04. The van der Waals surface area contributed by atoms with Crippen molar-refractivity contribution >= 4 is 11.9 Å². The van der Waals surface area contributed by atoms with Gasteiger partial charge in [0, 0.05) is 12.6 Å². The fourth-order valence-electron chi connectivity index (χ4n) is 2.09. The van der Waals surface area contributed by atoms with Gasteiger partial charge in [-0.05, 0) is 31.4 Å². The van der Waals surface area contributed by atoms with E-state index in [1.54, 1.807) is 0 Å². The second kappa shape index (κ2) is 8.26. The summed E-state index contributed by atoms with van der Waals surface area (Å²) in [6.45, 7) is 4.34. The first-order valence-electron chi connectivity index (χ1n) is 7.04. The molecule has 1 rings (SSSR count). The van der Waals surface area contributed by atoms with Gasteiger partial charge in [-0.2, -0.15) is 0 Å².